The molecule has 0 aliphatic heterocycles. The van der Waals surface area contributed by atoms with E-state index in [-0.39, 0.29) is 35.6 Å². The molecule has 1 heterocycles. The van der Waals surface area contributed by atoms with Crippen LogP contribution in [0.1, 0.15) is 28.0 Å². The summed E-state index contributed by atoms with van der Waals surface area (Å²) in [4.78, 5) is 23.9. The van der Waals surface area contributed by atoms with Crippen molar-refractivity contribution in [3.8, 4) is 11.8 Å². The number of carbonyl (C=O) groups is 2. The average molecular weight is 420 g/mol. The van der Waals surface area contributed by atoms with E-state index in [4.69, 9.17) is 5.73 Å². The molecule has 158 valence electrons. The Balaban J connectivity index is 1.49. The summed E-state index contributed by atoms with van der Waals surface area (Å²) < 4.78 is 14.5. The summed E-state index contributed by atoms with van der Waals surface area (Å²) in [7, 11) is 0. The number of hydrogen-bond acceptors (Lipinski definition) is 5. The lowest BCUT2D eigenvalue weighted by Gasteiger charge is -2.06. The van der Waals surface area contributed by atoms with E-state index in [1.165, 1.54) is 28.9 Å². The second kappa shape index (κ2) is 10.0. The van der Waals surface area contributed by atoms with Crippen LogP contribution in [0.3, 0.4) is 0 Å². The summed E-state index contributed by atoms with van der Waals surface area (Å²) in [6, 6.07) is 16.3. The Kier molecular flexibility index (Phi) is 6.96. The van der Waals surface area contributed by atoms with Crippen molar-refractivity contribution in [3.63, 3.8) is 0 Å². The Labute approximate surface area is 178 Å². The molecule has 4 N–H and O–H groups in total. The first-order valence-corrected chi connectivity index (χ1v) is 9.63. The van der Waals surface area contributed by atoms with Crippen LogP contribution in [0.2, 0.25) is 0 Å². The zero-order valence-electron chi connectivity index (χ0n) is 16.6. The average Bonchev–Trinajstić information content (AvgIpc) is 3.11. The van der Waals surface area contributed by atoms with Gasteiger partial charge in [-0.15, -0.1) is 0 Å². The van der Waals surface area contributed by atoms with Crippen LogP contribution < -0.4 is 16.4 Å². The van der Waals surface area contributed by atoms with Crippen LogP contribution in [0.25, 0.3) is 5.69 Å². The predicted molar refractivity (Wildman–Crippen MR) is 113 cm³/mol. The number of aryl methyl sites for hydroxylation is 1. The second-order valence-corrected chi connectivity index (χ2v) is 6.71. The van der Waals surface area contributed by atoms with Gasteiger partial charge in [-0.25, -0.2) is 9.07 Å². The SMILES string of the molecule is N#Cc1c(CCCNC(=O)CNC(=O)c2ccccc2)nn(-c2ccc(F)cc2)c1N. The van der Waals surface area contributed by atoms with Crippen molar-refractivity contribution in [1.29, 1.82) is 5.26 Å². The zero-order chi connectivity index (χ0) is 22.2. The smallest absolute Gasteiger partial charge is 0.251 e. The molecule has 0 aliphatic rings. The number of aromatic nitrogens is 2. The molecule has 3 rings (SSSR count). The third kappa shape index (κ3) is 5.45. The van der Waals surface area contributed by atoms with E-state index >= 15 is 0 Å². The number of nitrogen functional groups attached to an aromatic ring is 1. The molecule has 0 atom stereocenters. The molecule has 3 aromatic rings. The number of nitriles is 1. The highest BCUT2D eigenvalue weighted by atomic mass is 19.1. The van der Waals surface area contributed by atoms with Crippen LogP contribution in [-0.4, -0.2) is 34.7 Å². The van der Waals surface area contributed by atoms with Gasteiger partial charge in [0.15, 0.2) is 0 Å². The quantitative estimate of drug-likeness (QED) is 0.480. The number of amides is 2. The highest BCUT2D eigenvalue weighted by Crippen LogP contribution is 2.21. The third-order valence-electron chi connectivity index (χ3n) is 4.53. The highest BCUT2D eigenvalue weighted by molar-refractivity contribution is 5.96. The third-order valence-corrected chi connectivity index (χ3v) is 4.53. The van der Waals surface area contributed by atoms with Gasteiger partial charge in [0.05, 0.1) is 17.9 Å². The van der Waals surface area contributed by atoms with Crippen molar-refractivity contribution in [2.45, 2.75) is 12.8 Å². The second-order valence-electron chi connectivity index (χ2n) is 6.71. The molecule has 0 spiro atoms. The molecule has 2 aromatic carbocycles. The van der Waals surface area contributed by atoms with E-state index in [1.54, 1.807) is 30.3 Å². The number of halogens is 1. The van der Waals surface area contributed by atoms with Crippen molar-refractivity contribution >= 4 is 17.6 Å². The normalized spacial score (nSPS) is 10.3. The Bertz CT molecular complexity index is 1100. The fourth-order valence-electron chi connectivity index (χ4n) is 2.95. The Morgan fingerprint density at radius 1 is 1.10 bits per heavy atom. The topological polar surface area (TPSA) is 126 Å². The van der Waals surface area contributed by atoms with Gasteiger partial charge in [-0.05, 0) is 49.2 Å². The summed E-state index contributed by atoms with van der Waals surface area (Å²) in [6.45, 7) is 0.206. The van der Waals surface area contributed by atoms with E-state index in [9.17, 15) is 19.2 Å². The molecule has 8 nitrogen and oxygen atoms in total. The maximum absolute atomic E-state index is 13.1. The number of nitrogens with two attached hydrogens (primary N) is 1. The van der Waals surface area contributed by atoms with Gasteiger partial charge in [-0.1, -0.05) is 18.2 Å². The number of hydrogen-bond donors (Lipinski definition) is 3. The van der Waals surface area contributed by atoms with Gasteiger partial charge >= 0.3 is 0 Å². The van der Waals surface area contributed by atoms with Gasteiger partial charge in [0.1, 0.15) is 23.3 Å². The molecule has 0 saturated heterocycles. The number of rotatable bonds is 8. The summed E-state index contributed by atoms with van der Waals surface area (Å²) >= 11 is 0. The molecule has 0 radical (unpaired) electrons. The van der Waals surface area contributed by atoms with E-state index < -0.39 is 0 Å². The van der Waals surface area contributed by atoms with Crippen LogP contribution in [0.15, 0.2) is 54.6 Å². The van der Waals surface area contributed by atoms with Gasteiger partial charge in [0.25, 0.3) is 5.91 Å². The van der Waals surface area contributed by atoms with Gasteiger partial charge in [-0.2, -0.15) is 10.4 Å². The highest BCUT2D eigenvalue weighted by Gasteiger charge is 2.16. The van der Waals surface area contributed by atoms with Crippen LogP contribution in [0, 0.1) is 17.1 Å². The minimum atomic E-state index is -0.383. The molecule has 0 fully saturated rings. The standard InChI is InChI=1S/C22H21FN6O2/c23-16-8-10-17(11-9-16)29-21(25)18(13-24)19(28-29)7-4-12-26-20(30)14-27-22(31)15-5-2-1-3-6-15/h1-3,5-6,8-11H,4,7,12,14,25H2,(H,26,30)(H,27,31). The summed E-state index contributed by atoms with van der Waals surface area (Å²) in [5.74, 6) is -0.847. The van der Waals surface area contributed by atoms with E-state index in [0.29, 0.717) is 36.3 Å². The van der Waals surface area contributed by atoms with Gasteiger partial charge < -0.3 is 16.4 Å². The molecule has 0 bridgehead atoms. The lowest BCUT2D eigenvalue weighted by atomic mass is 10.1. The Morgan fingerprint density at radius 2 is 1.81 bits per heavy atom. The van der Waals surface area contributed by atoms with Gasteiger partial charge in [0.2, 0.25) is 5.91 Å². The van der Waals surface area contributed by atoms with Gasteiger partial charge in [0, 0.05) is 12.1 Å². The minimum absolute atomic E-state index is 0.136. The van der Waals surface area contributed by atoms with Crippen molar-refractivity contribution < 1.29 is 14.0 Å². The summed E-state index contributed by atoms with van der Waals surface area (Å²) in [6.07, 6.45) is 0.935. The number of anilines is 1. The molecule has 2 amide bonds. The molecule has 31 heavy (non-hydrogen) atoms. The molecule has 0 saturated carbocycles. The van der Waals surface area contributed by atoms with Crippen molar-refractivity contribution in [3.05, 3.63) is 77.2 Å². The van der Waals surface area contributed by atoms with Crippen LogP contribution in [0.5, 0.6) is 0 Å². The number of nitrogens with zero attached hydrogens (tertiary/aromatic N) is 3. The van der Waals surface area contributed by atoms with Gasteiger partial charge in [-0.3, -0.25) is 9.59 Å². The van der Waals surface area contributed by atoms with E-state index in [0.717, 1.165) is 0 Å². The van der Waals surface area contributed by atoms with Crippen molar-refractivity contribution in [2.24, 2.45) is 0 Å². The lowest BCUT2D eigenvalue weighted by Crippen LogP contribution is -2.37. The maximum Gasteiger partial charge on any atom is 0.251 e. The molecule has 1 aromatic heterocycles. The van der Waals surface area contributed by atoms with E-state index in [2.05, 4.69) is 15.7 Å². The first-order chi connectivity index (χ1) is 15.0. The Hall–Kier alpha value is -4.19. The van der Waals surface area contributed by atoms with Crippen molar-refractivity contribution in [2.75, 3.05) is 18.8 Å². The molecule has 0 aliphatic carbocycles. The number of benzene rings is 2. The molecule has 0 unspecified atom stereocenters. The monoisotopic (exact) mass is 420 g/mol. The Morgan fingerprint density at radius 3 is 2.48 bits per heavy atom. The molecular formula is C22H21FN6O2. The molecular weight excluding hydrogens is 399 g/mol. The van der Waals surface area contributed by atoms with Crippen LogP contribution in [-0.2, 0) is 11.2 Å². The largest absolute Gasteiger partial charge is 0.382 e. The number of nitrogens with one attached hydrogen (secondary N) is 2. The summed E-state index contributed by atoms with van der Waals surface area (Å²) in [5.41, 5.74) is 7.80. The van der Waals surface area contributed by atoms with Crippen molar-refractivity contribution in [1.82, 2.24) is 20.4 Å². The predicted octanol–water partition coefficient (Wildman–Crippen LogP) is 1.94. The number of carbonyl (C=O) groups excluding carboxylic acids is 2. The van der Waals surface area contributed by atoms with Crippen LogP contribution >= 0.6 is 0 Å². The van der Waals surface area contributed by atoms with E-state index in [1.807, 2.05) is 6.07 Å². The maximum atomic E-state index is 13.1. The molecule has 9 heteroatoms. The zero-order valence-corrected chi connectivity index (χ0v) is 16.6. The summed E-state index contributed by atoms with van der Waals surface area (Å²) in [5, 5.41) is 19.0. The fourth-order valence-corrected chi connectivity index (χ4v) is 2.95. The first kappa shape index (κ1) is 21.5. The lowest BCUT2D eigenvalue weighted by molar-refractivity contribution is -0.120. The minimum Gasteiger partial charge on any atom is -0.382 e. The fraction of sp³-hybridized carbons (Fsp3) is 0.182. The van der Waals surface area contributed by atoms with Crippen LogP contribution in [0.4, 0.5) is 10.2 Å². The first-order valence-electron chi connectivity index (χ1n) is 9.63.